The molecule has 0 atom stereocenters. The molecule has 0 spiro atoms. The van der Waals surface area contributed by atoms with Crippen molar-refractivity contribution >= 4 is 17.5 Å². The van der Waals surface area contributed by atoms with Gasteiger partial charge < -0.3 is 4.90 Å². The van der Waals surface area contributed by atoms with Crippen LogP contribution < -0.4 is 0 Å². The Morgan fingerprint density at radius 1 is 1.09 bits per heavy atom. The van der Waals surface area contributed by atoms with Crippen molar-refractivity contribution in [2.45, 2.75) is 13.5 Å². The molecule has 2 aromatic rings. The number of aromatic nitrogens is 2. The fraction of sp³-hybridized carbons (Fsp3) is 0.353. The van der Waals surface area contributed by atoms with E-state index in [1.165, 1.54) is 5.56 Å². The van der Waals surface area contributed by atoms with Crippen LogP contribution in [0.25, 0.3) is 0 Å². The number of carbonyl (C=O) groups is 1. The molecule has 0 aliphatic carbocycles. The molecule has 1 amide bonds. The number of amides is 1. The maximum absolute atomic E-state index is 12.4. The lowest BCUT2D eigenvalue weighted by Crippen LogP contribution is -2.48. The van der Waals surface area contributed by atoms with Crippen LogP contribution in [0.4, 0.5) is 0 Å². The van der Waals surface area contributed by atoms with Gasteiger partial charge in [0.1, 0.15) is 5.69 Å². The molecular weight excluding hydrogens is 312 g/mol. The molecular formula is C17H19ClN4O. The molecule has 0 saturated carbocycles. The Bertz CT molecular complexity index is 664. The van der Waals surface area contributed by atoms with Gasteiger partial charge >= 0.3 is 0 Å². The first-order valence-corrected chi connectivity index (χ1v) is 8.04. The van der Waals surface area contributed by atoms with Crippen LogP contribution >= 0.6 is 11.6 Å². The van der Waals surface area contributed by atoms with Crippen LogP contribution in [-0.4, -0.2) is 51.9 Å². The zero-order valence-corrected chi connectivity index (χ0v) is 13.8. The first-order chi connectivity index (χ1) is 11.1. The summed E-state index contributed by atoms with van der Waals surface area (Å²) in [7, 11) is 0. The third-order valence-electron chi connectivity index (χ3n) is 3.98. The number of carbonyl (C=O) groups excluding carboxylic acids is 1. The summed E-state index contributed by atoms with van der Waals surface area (Å²) in [6.45, 7) is 5.87. The molecule has 0 bridgehead atoms. The number of benzene rings is 1. The lowest BCUT2D eigenvalue weighted by atomic mass is 10.2. The van der Waals surface area contributed by atoms with Crippen molar-refractivity contribution in [1.82, 2.24) is 19.8 Å². The van der Waals surface area contributed by atoms with E-state index >= 15 is 0 Å². The highest BCUT2D eigenvalue weighted by Gasteiger charge is 2.23. The Morgan fingerprint density at radius 2 is 1.78 bits per heavy atom. The Labute approximate surface area is 140 Å². The molecule has 1 fully saturated rings. The van der Waals surface area contributed by atoms with E-state index in [9.17, 15) is 4.79 Å². The van der Waals surface area contributed by atoms with Crippen LogP contribution in [0.1, 0.15) is 21.7 Å². The summed E-state index contributed by atoms with van der Waals surface area (Å²) in [5, 5.41) is 0.753. The van der Waals surface area contributed by atoms with Gasteiger partial charge in [-0.05, 0) is 24.6 Å². The van der Waals surface area contributed by atoms with E-state index in [1.54, 1.807) is 12.4 Å². The van der Waals surface area contributed by atoms with Gasteiger partial charge in [0.2, 0.25) is 0 Å². The molecule has 5 nitrogen and oxygen atoms in total. The number of aryl methyl sites for hydroxylation is 1. The quantitative estimate of drug-likeness (QED) is 0.867. The fourth-order valence-electron chi connectivity index (χ4n) is 2.62. The maximum Gasteiger partial charge on any atom is 0.274 e. The summed E-state index contributed by atoms with van der Waals surface area (Å²) in [5.41, 5.74) is 2.47. The molecule has 0 radical (unpaired) electrons. The lowest BCUT2D eigenvalue weighted by molar-refractivity contribution is 0.0622. The van der Waals surface area contributed by atoms with Gasteiger partial charge in [-0.15, -0.1) is 0 Å². The van der Waals surface area contributed by atoms with Crippen molar-refractivity contribution < 1.29 is 4.79 Å². The topological polar surface area (TPSA) is 49.3 Å². The summed E-state index contributed by atoms with van der Waals surface area (Å²) in [5.74, 6) is -0.0383. The summed E-state index contributed by atoms with van der Waals surface area (Å²) < 4.78 is 0. The smallest absolute Gasteiger partial charge is 0.274 e. The van der Waals surface area contributed by atoms with Crippen molar-refractivity contribution in [2.75, 3.05) is 26.2 Å². The van der Waals surface area contributed by atoms with Gasteiger partial charge in [0.05, 0.1) is 11.9 Å². The van der Waals surface area contributed by atoms with Gasteiger partial charge in [-0.25, -0.2) is 4.98 Å². The summed E-state index contributed by atoms with van der Waals surface area (Å²) in [6.07, 6.45) is 3.18. The van der Waals surface area contributed by atoms with Gasteiger partial charge in [-0.3, -0.25) is 14.7 Å². The van der Waals surface area contributed by atoms with Crippen LogP contribution in [0.15, 0.2) is 36.7 Å². The highest BCUT2D eigenvalue weighted by Crippen LogP contribution is 2.13. The first-order valence-electron chi connectivity index (χ1n) is 7.66. The lowest BCUT2D eigenvalue weighted by Gasteiger charge is -2.34. The van der Waals surface area contributed by atoms with Gasteiger partial charge in [0, 0.05) is 43.9 Å². The summed E-state index contributed by atoms with van der Waals surface area (Å²) in [4.78, 5) is 24.9. The largest absolute Gasteiger partial charge is 0.335 e. The molecule has 3 rings (SSSR count). The zero-order valence-electron chi connectivity index (χ0n) is 13.1. The first kappa shape index (κ1) is 15.9. The second kappa shape index (κ2) is 7.06. The predicted octanol–water partition coefficient (Wildman–Crippen LogP) is 2.40. The second-order valence-electron chi connectivity index (χ2n) is 5.74. The molecule has 1 saturated heterocycles. The molecule has 2 heterocycles. The average molecular weight is 331 g/mol. The number of rotatable bonds is 3. The molecule has 23 heavy (non-hydrogen) atoms. The minimum atomic E-state index is -0.0383. The Hall–Kier alpha value is -1.98. The van der Waals surface area contributed by atoms with E-state index in [2.05, 4.69) is 14.9 Å². The summed E-state index contributed by atoms with van der Waals surface area (Å²) >= 11 is 5.91. The van der Waals surface area contributed by atoms with Crippen molar-refractivity contribution in [1.29, 1.82) is 0 Å². The highest BCUT2D eigenvalue weighted by atomic mass is 35.5. The molecule has 0 N–H and O–H groups in total. The number of halogens is 1. The third-order valence-corrected chi connectivity index (χ3v) is 4.23. The van der Waals surface area contributed by atoms with Crippen LogP contribution in [0.5, 0.6) is 0 Å². The maximum atomic E-state index is 12.4. The molecule has 1 aromatic carbocycles. The van der Waals surface area contributed by atoms with Crippen molar-refractivity contribution in [3.05, 3.63) is 58.6 Å². The number of nitrogens with zero attached hydrogens (tertiary/aromatic N) is 4. The molecule has 6 heteroatoms. The van der Waals surface area contributed by atoms with Crippen molar-refractivity contribution in [3.63, 3.8) is 0 Å². The molecule has 120 valence electrons. The fourth-order valence-corrected chi connectivity index (χ4v) is 2.75. The van der Waals surface area contributed by atoms with E-state index in [0.29, 0.717) is 18.8 Å². The minimum Gasteiger partial charge on any atom is -0.335 e. The monoisotopic (exact) mass is 330 g/mol. The second-order valence-corrected chi connectivity index (χ2v) is 6.17. The highest BCUT2D eigenvalue weighted by molar-refractivity contribution is 6.30. The SMILES string of the molecule is Cc1cnc(C(=O)N2CCN(Cc3ccc(Cl)cc3)CC2)cn1. The normalized spacial score (nSPS) is 15.7. The summed E-state index contributed by atoms with van der Waals surface area (Å²) in [6, 6.07) is 7.91. The third kappa shape index (κ3) is 4.06. The molecule has 1 aromatic heterocycles. The molecule has 0 unspecified atom stereocenters. The van der Waals surface area contributed by atoms with E-state index in [4.69, 9.17) is 11.6 Å². The van der Waals surface area contributed by atoms with Gasteiger partial charge in [-0.1, -0.05) is 23.7 Å². The zero-order chi connectivity index (χ0) is 16.2. The van der Waals surface area contributed by atoms with Crippen LogP contribution in [0.2, 0.25) is 5.02 Å². The van der Waals surface area contributed by atoms with Gasteiger partial charge in [-0.2, -0.15) is 0 Å². The van der Waals surface area contributed by atoms with E-state index in [1.807, 2.05) is 36.1 Å². The van der Waals surface area contributed by atoms with Gasteiger partial charge in [0.25, 0.3) is 5.91 Å². The van der Waals surface area contributed by atoms with E-state index in [0.717, 1.165) is 30.4 Å². The number of piperazine rings is 1. The van der Waals surface area contributed by atoms with Crippen molar-refractivity contribution in [3.8, 4) is 0 Å². The Balaban J connectivity index is 1.54. The Morgan fingerprint density at radius 3 is 2.39 bits per heavy atom. The average Bonchev–Trinajstić information content (AvgIpc) is 2.58. The van der Waals surface area contributed by atoms with Gasteiger partial charge in [0.15, 0.2) is 0 Å². The Kier molecular flexibility index (Phi) is 4.88. The standard InChI is InChI=1S/C17H19ClN4O/c1-13-10-20-16(11-19-13)17(23)22-8-6-21(7-9-22)12-14-2-4-15(18)5-3-14/h2-5,10-11H,6-9,12H2,1H3. The van der Waals surface area contributed by atoms with Crippen LogP contribution in [-0.2, 0) is 6.54 Å². The van der Waals surface area contributed by atoms with E-state index < -0.39 is 0 Å². The molecule has 1 aliphatic heterocycles. The molecule has 1 aliphatic rings. The number of hydrogen-bond donors (Lipinski definition) is 0. The van der Waals surface area contributed by atoms with Crippen LogP contribution in [0.3, 0.4) is 0 Å². The predicted molar refractivity (Wildman–Crippen MR) is 89.4 cm³/mol. The minimum absolute atomic E-state index is 0.0383. The van der Waals surface area contributed by atoms with E-state index in [-0.39, 0.29) is 5.91 Å². The number of hydrogen-bond acceptors (Lipinski definition) is 4. The van der Waals surface area contributed by atoms with Crippen LogP contribution in [0, 0.1) is 6.92 Å². The van der Waals surface area contributed by atoms with Crippen molar-refractivity contribution in [2.24, 2.45) is 0 Å².